The Morgan fingerprint density at radius 1 is 1.00 bits per heavy atom. The Hall–Kier alpha value is 1.83. The predicted molar refractivity (Wildman–Crippen MR) is 38.7 cm³/mol. The van der Waals surface area contributed by atoms with Gasteiger partial charge in [0.15, 0.2) is 0 Å². The van der Waals surface area contributed by atoms with Crippen LogP contribution in [0.4, 0.5) is 0 Å². The third-order valence-electron chi connectivity index (χ3n) is 0. The van der Waals surface area contributed by atoms with E-state index in [0.29, 0.717) is 0 Å². The average Bonchev–Trinajstić information content (AvgIpc) is 0.811. The molecule has 0 aromatic carbocycles. The molecule has 0 aliphatic heterocycles. The molecule has 0 heterocycles. The molecule has 0 aliphatic rings. The van der Waals surface area contributed by atoms with Crippen LogP contribution in [0.5, 0.6) is 0 Å². The van der Waals surface area contributed by atoms with Gasteiger partial charge in [-0.15, -0.1) is 0 Å². The SMILES string of the molecule is BrP(Br)Br.N. The maximum absolute atomic E-state index is 3.17. The van der Waals surface area contributed by atoms with Crippen molar-refractivity contribution in [1.29, 1.82) is 0 Å². The van der Waals surface area contributed by atoms with Crippen LogP contribution in [0, 0.1) is 0 Å². The fourth-order valence-electron chi connectivity index (χ4n) is 0. The van der Waals surface area contributed by atoms with Crippen molar-refractivity contribution < 1.29 is 0 Å². The van der Waals surface area contributed by atoms with Gasteiger partial charge in [-0.2, -0.15) is 0 Å². The first-order valence-electron chi connectivity index (χ1n) is 0.507. The maximum Gasteiger partial charge on any atom is 0.103 e. The highest BCUT2D eigenvalue weighted by Crippen LogP contribution is 2.59. The summed E-state index contributed by atoms with van der Waals surface area (Å²) in [6.45, 7) is 0. The van der Waals surface area contributed by atoms with Crippen molar-refractivity contribution in [2.75, 3.05) is 0 Å². The van der Waals surface area contributed by atoms with Crippen LogP contribution in [0.15, 0.2) is 0 Å². The number of hydrogen-bond donors (Lipinski definition) is 1. The van der Waals surface area contributed by atoms with Gasteiger partial charge >= 0.3 is 0 Å². The standard InChI is InChI=1S/Br3P.H3N/c1-4(2)3;/h;1H3. The molecule has 0 fully saturated rings. The zero-order valence-electron chi connectivity index (χ0n) is 2.29. The topological polar surface area (TPSA) is 35.0 Å². The van der Waals surface area contributed by atoms with E-state index in [1.807, 2.05) is 0 Å². The molecule has 0 saturated heterocycles. The van der Waals surface area contributed by atoms with Gasteiger partial charge in [0.05, 0.1) is 0 Å². The van der Waals surface area contributed by atoms with E-state index in [0.717, 1.165) is 0 Å². The van der Waals surface area contributed by atoms with Gasteiger partial charge in [0, 0.05) is 0 Å². The molecule has 0 aromatic heterocycles. The van der Waals surface area contributed by atoms with Crippen LogP contribution >= 0.6 is 50.5 Å². The van der Waals surface area contributed by atoms with E-state index in [9.17, 15) is 0 Å². The third-order valence-corrected chi connectivity index (χ3v) is 0. The quantitative estimate of drug-likeness (QED) is 0.679. The molecule has 0 aromatic rings. The number of hydrogen-bond acceptors (Lipinski definition) is 1. The molecule has 0 saturated carbocycles. The molecule has 3 N–H and O–H groups in total. The van der Waals surface area contributed by atoms with Crippen LogP contribution in [0.25, 0.3) is 0 Å². The average molecular weight is 288 g/mol. The molecule has 0 bridgehead atoms. The second-order valence-corrected chi connectivity index (χ2v) is 15.5. The minimum absolute atomic E-state index is 0. The second kappa shape index (κ2) is 5.83. The van der Waals surface area contributed by atoms with Gasteiger partial charge in [-0.1, -0.05) is 0 Å². The van der Waals surface area contributed by atoms with Crippen molar-refractivity contribution in [2.45, 2.75) is 0 Å². The lowest BCUT2D eigenvalue weighted by Gasteiger charge is -1.70. The van der Waals surface area contributed by atoms with Gasteiger partial charge in [-0.3, -0.25) is 0 Å². The van der Waals surface area contributed by atoms with E-state index in [-0.39, 0.29) is 10.2 Å². The number of halogens is 3. The fraction of sp³-hybridized carbons (Fsp3) is 0. The predicted octanol–water partition coefficient (Wildman–Crippen LogP) is 3.56. The van der Waals surface area contributed by atoms with Crippen molar-refractivity contribution in [3.63, 3.8) is 0 Å². The Labute approximate surface area is 56.4 Å². The molecule has 0 unspecified atom stereocenters. The zero-order chi connectivity index (χ0) is 3.58. The van der Waals surface area contributed by atoms with E-state index in [1.165, 1.54) is 0 Å². The zero-order valence-corrected chi connectivity index (χ0v) is 7.94. The summed E-state index contributed by atoms with van der Waals surface area (Å²) in [5.74, 6) is 0. The van der Waals surface area contributed by atoms with E-state index in [4.69, 9.17) is 0 Å². The first-order chi connectivity index (χ1) is 1.73. The first-order valence-corrected chi connectivity index (χ1v) is 7.90. The summed E-state index contributed by atoms with van der Waals surface area (Å²) in [6.07, 6.45) is 0. The van der Waals surface area contributed by atoms with E-state index in [2.05, 4.69) is 46.5 Å². The van der Waals surface area contributed by atoms with Crippen molar-refractivity contribution in [1.82, 2.24) is 6.15 Å². The van der Waals surface area contributed by atoms with Gasteiger partial charge in [-0.25, -0.2) is 0 Å². The summed E-state index contributed by atoms with van der Waals surface area (Å²) in [7, 11) is 0. The lowest BCUT2D eigenvalue weighted by molar-refractivity contribution is 2.13. The minimum Gasteiger partial charge on any atom is -0.344 e. The molecular formula is H3Br3NP. The fourth-order valence-corrected chi connectivity index (χ4v) is 0. The summed E-state index contributed by atoms with van der Waals surface area (Å²) >= 11 is 9.51. The number of rotatable bonds is 0. The van der Waals surface area contributed by atoms with Crippen LogP contribution < -0.4 is 6.15 Å². The highest BCUT2D eigenvalue weighted by atomic mass is 80.0. The van der Waals surface area contributed by atoms with Crippen molar-refractivity contribution in [3.05, 3.63) is 0 Å². The van der Waals surface area contributed by atoms with Crippen LogP contribution in [0.2, 0.25) is 0 Å². The Morgan fingerprint density at radius 3 is 1.00 bits per heavy atom. The second-order valence-electron chi connectivity index (χ2n) is 0.192. The van der Waals surface area contributed by atoms with Crippen LogP contribution in [0.3, 0.4) is 0 Å². The normalized spacial score (nSPS) is 7.20. The Balaban J connectivity index is 0. The molecule has 0 spiro atoms. The van der Waals surface area contributed by atoms with E-state index >= 15 is 0 Å². The molecule has 5 heavy (non-hydrogen) atoms. The molecule has 0 radical (unpaired) electrons. The van der Waals surface area contributed by atoms with Gasteiger partial charge in [0.1, 0.15) is 4.03 Å². The van der Waals surface area contributed by atoms with Crippen molar-refractivity contribution in [3.8, 4) is 0 Å². The maximum atomic E-state index is 3.17. The molecule has 1 nitrogen and oxygen atoms in total. The first kappa shape index (κ1) is 9.95. The lowest BCUT2D eigenvalue weighted by Crippen LogP contribution is -0.878. The summed E-state index contributed by atoms with van der Waals surface area (Å²) in [6, 6.07) is 0. The lowest BCUT2D eigenvalue weighted by atomic mass is 14.0. The summed E-state index contributed by atoms with van der Waals surface area (Å²) < 4.78 is -0.183. The largest absolute Gasteiger partial charge is 0.344 e. The molecule has 0 rings (SSSR count). The summed E-state index contributed by atoms with van der Waals surface area (Å²) in [5, 5.41) is 0. The highest BCUT2D eigenvalue weighted by molar-refractivity contribution is 9.93. The van der Waals surface area contributed by atoms with Gasteiger partial charge in [0.2, 0.25) is 0 Å². The monoisotopic (exact) mass is 285 g/mol. The van der Waals surface area contributed by atoms with Crippen molar-refractivity contribution in [2.24, 2.45) is 0 Å². The molecule has 0 aliphatic carbocycles. The van der Waals surface area contributed by atoms with Gasteiger partial charge < -0.3 is 6.15 Å². The van der Waals surface area contributed by atoms with Crippen LogP contribution in [-0.2, 0) is 0 Å². The summed E-state index contributed by atoms with van der Waals surface area (Å²) in [4.78, 5) is 0. The molecule has 0 atom stereocenters. The third kappa shape index (κ3) is 25.5. The van der Waals surface area contributed by atoms with Crippen LogP contribution in [0.1, 0.15) is 0 Å². The van der Waals surface area contributed by atoms with E-state index < -0.39 is 0 Å². The smallest absolute Gasteiger partial charge is 0.103 e. The molecule has 5 heteroatoms. The Morgan fingerprint density at radius 2 is 1.00 bits per heavy atom. The Kier molecular flexibility index (Phi) is 11.6. The van der Waals surface area contributed by atoms with Gasteiger partial charge in [0.25, 0.3) is 0 Å². The molecule has 0 amide bonds. The van der Waals surface area contributed by atoms with Gasteiger partial charge in [-0.05, 0) is 46.5 Å². The summed E-state index contributed by atoms with van der Waals surface area (Å²) in [5.41, 5.74) is 0. The minimum atomic E-state index is -0.183. The molecular weight excluding hydrogens is 285 g/mol. The highest BCUT2D eigenvalue weighted by Gasteiger charge is 1.77. The van der Waals surface area contributed by atoms with Crippen LogP contribution in [-0.4, -0.2) is 0 Å². The Bertz CT molecular complexity index is 11.6. The van der Waals surface area contributed by atoms with E-state index in [1.54, 1.807) is 0 Å². The van der Waals surface area contributed by atoms with Crippen molar-refractivity contribution >= 4 is 50.5 Å². The molecule has 34 valence electrons.